The topological polar surface area (TPSA) is 76.7 Å². The second-order valence-electron chi connectivity index (χ2n) is 4.40. The number of nitrogens with one attached hydrogen (secondary N) is 1. The van der Waals surface area contributed by atoms with Gasteiger partial charge in [-0.2, -0.15) is 0 Å². The van der Waals surface area contributed by atoms with Gasteiger partial charge in [-0.3, -0.25) is 4.57 Å². The van der Waals surface area contributed by atoms with E-state index >= 15 is 0 Å². The first-order chi connectivity index (χ1) is 9.63. The first-order valence-electron chi connectivity index (χ1n) is 6.46. The van der Waals surface area contributed by atoms with Gasteiger partial charge in [0.15, 0.2) is 5.16 Å². The van der Waals surface area contributed by atoms with Crippen LogP contribution in [-0.4, -0.2) is 21.3 Å². The predicted octanol–water partition coefficient (Wildman–Crippen LogP) is 1.77. The zero-order chi connectivity index (χ0) is 14.5. The molecular formula is C13H17FN4OS. The van der Waals surface area contributed by atoms with E-state index in [-0.39, 0.29) is 11.5 Å². The van der Waals surface area contributed by atoms with Crippen LogP contribution < -0.4 is 11.4 Å². The highest BCUT2D eigenvalue weighted by Gasteiger charge is 2.10. The molecule has 0 fully saturated rings. The molecule has 0 aliphatic rings. The predicted molar refractivity (Wildman–Crippen MR) is 76.4 cm³/mol. The molecule has 2 rings (SSSR count). The first-order valence-corrected chi connectivity index (χ1v) is 7.28. The lowest BCUT2D eigenvalue weighted by Crippen LogP contribution is -2.17. The third-order valence-electron chi connectivity index (χ3n) is 2.74. The number of nitrogens with two attached hydrogens (primary N) is 1. The number of rotatable bonds is 6. The maximum Gasteiger partial charge on any atom is 0.343 e. The minimum absolute atomic E-state index is 0.243. The molecular weight excluding hydrogens is 279 g/mol. The number of benzene rings is 1. The Morgan fingerprint density at radius 3 is 2.95 bits per heavy atom. The molecule has 20 heavy (non-hydrogen) atoms. The highest BCUT2D eigenvalue weighted by atomic mass is 32.2. The SMILES string of the molecule is CCCn1c(Sc2cc(F)cc(CCN)c2)n[nH]c1=O. The van der Waals surface area contributed by atoms with Gasteiger partial charge in [0.2, 0.25) is 0 Å². The van der Waals surface area contributed by atoms with E-state index in [4.69, 9.17) is 5.73 Å². The van der Waals surface area contributed by atoms with Crippen LogP contribution in [0.1, 0.15) is 18.9 Å². The van der Waals surface area contributed by atoms with Crippen LogP contribution in [0.2, 0.25) is 0 Å². The van der Waals surface area contributed by atoms with Gasteiger partial charge < -0.3 is 5.73 Å². The number of halogens is 1. The Morgan fingerprint density at radius 2 is 2.25 bits per heavy atom. The van der Waals surface area contributed by atoms with Crippen molar-refractivity contribution >= 4 is 11.8 Å². The molecule has 5 nitrogen and oxygen atoms in total. The standard InChI is InChI=1S/C13H17FN4OS/c1-2-5-18-12(19)16-17-13(18)20-11-7-9(3-4-15)6-10(14)8-11/h6-8H,2-5,15H2,1H3,(H,16,19). The average molecular weight is 296 g/mol. The van der Waals surface area contributed by atoms with Gasteiger partial charge in [0, 0.05) is 11.4 Å². The third-order valence-corrected chi connectivity index (χ3v) is 3.71. The fourth-order valence-electron chi connectivity index (χ4n) is 1.90. The first kappa shape index (κ1) is 14.8. The molecule has 0 saturated carbocycles. The summed E-state index contributed by atoms with van der Waals surface area (Å²) in [5.74, 6) is -0.307. The molecule has 1 aromatic heterocycles. The molecule has 0 bridgehead atoms. The molecule has 1 aromatic carbocycles. The Morgan fingerprint density at radius 1 is 1.45 bits per heavy atom. The van der Waals surface area contributed by atoms with Crippen LogP contribution >= 0.6 is 11.8 Å². The molecule has 7 heteroatoms. The summed E-state index contributed by atoms with van der Waals surface area (Å²) in [5.41, 5.74) is 6.09. The summed E-state index contributed by atoms with van der Waals surface area (Å²) in [7, 11) is 0. The van der Waals surface area contributed by atoms with Crippen molar-refractivity contribution in [3.63, 3.8) is 0 Å². The molecule has 1 heterocycles. The molecule has 0 saturated heterocycles. The van der Waals surface area contributed by atoms with Crippen LogP contribution in [0.15, 0.2) is 33.0 Å². The van der Waals surface area contributed by atoms with Crippen LogP contribution in [-0.2, 0) is 13.0 Å². The highest BCUT2D eigenvalue weighted by Crippen LogP contribution is 2.27. The quantitative estimate of drug-likeness (QED) is 0.852. The van der Waals surface area contributed by atoms with Crippen molar-refractivity contribution in [2.75, 3.05) is 6.54 Å². The van der Waals surface area contributed by atoms with Gasteiger partial charge in [-0.05, 0) is 54.9 Å². The van der Waals surface area contributed by atoms with Crippen LogP contribution in [0.4, 0.5) is 4.39 Å². The van der Waals surface area contributed by atoms with Crippen LogP contribution in [0.25, 0.3) is 0 Å². The van der Waals surface area contributed by atoms with E-state index in [0.29, 0.717) is 29.6 Å². The van der Waals surface area contributed by atoms with Crippen molar-refractivity contribution in [3.05, 3.63) is 40.1 Å². The Balaban J connectivity index is 2.27. The Kier molecular flexibility index (Phi) is 4.97. The summed E-state index contributed by atoms with van der Waals surface area (Å²) in [4.78, 5) is 12.3. The smallest absolute Gasteiger partial charge is 0.330 e. The van der Waals surface area contributed by atoms with Crippen molar-refractivity contribution in [1.82, 2.24) is 14.8 Å². The maximum atomic E-state index is 13.6. The second-order valence-corrected chi connectivity index (χ2v) is 5.44. The molecule has 0 unspecified atom stereocenters. The molecule has 0 aliphatic heterocycles. The lowest BCUT2D eigenvalue weighted by Gasteiger charge is -2.06. The van der Waals surface area contributed by atoms with Gasteiger partial charge in [0.05, 0.1) is 0 Å². The Hall–Kier alpha value is -1.60. The Bertz CT molecular complexity index is 638. The molecule has 108 valence electrons. The van der Waals surface area contributed by atoms with E-state index in [1.54, 1.807) is 4.57 Å². The molecule has 0 radical (unpaired) electrons. The van der Waals surface area contributed by atoms with E-state index in [9.17, 15) is 9.18 Å². The molecule has 3 N–H and O–H groups in total. The van der Waals surface area contributed by atoms with E-state index < -0.39 is 0 Å². The van der Waals surface area contributed by atoms with Gasteiger partial charge in [0.1, 0.15) is 5.82 Å². The number of nitrogens with zero attached hydrogens (tertiary/aromatic N) is 2. The summed E-state index contributed by atoms with van der Waals surface area (Å²) in [6.07, 6.45) is 1.45. The number of hydrogen-bond donors (Lipinski definition) is 2. The minimum atomic E-state index is -0.307. The molecule has 0 amide bonds. The van der Waals surface area contributed by atoms with Crippen molar-refractivity contribution < 1.29 is 4.39 Å². The van der Waals surface area contributed by atoms with Gasteiger partial charge in [0.25, 0.3) is 0 Å². The van der Waals surface area contributed by atoms with Gasteiger partial charge in [-0.25, -0.2) is 14.3 Å². The fraction of sp³-hybridized carbons (Fsp3) is 0.385. The summed E-state index contributed by atoms with van der Waals surface area (Å²) in [6.45, 7) is 3.04. The van der Waals surface area contributed by atoms with Crippen molar-refractivity contribution in [2.24, 2.45) is 5.73 Å². The van der Waals surface area contributed by atoms with Gasteiger partial charge >= 0.3 is 5.69 Å². The number of H-pyrrole nitrogens is 1. The largest absolute Gasteiger partial charge is 0.343 e. The van der Waals surface area contributed by atoms with E-state index in [0.717, 1.165) is 12.0 Å². The maximum absolute atomic E-state index is 13.6. The normalized spacial score (nSPS) is 10.9. The lowest BCUT2D eigenvalue weighted by molar-refractivity contribution is 0.603. The molecule has 2 aromatic rings. The average Bonchev–Trinajstić information content (AvgIpc) is 2.72. The fourth-order valence-corrected chi connectivity index (χ4v) is 2.87. The van der Waals surface area contributed by atoms with Gasteiger partial charge in [-0.15, -0.1) is 5.10 Å². The third kappa shape index (κ3) is 3.49. The lowest BCUT2D eigenvalue weighted by atomic mass is 10.1. The summed E-state index contributed by atoms with van der Waals surface area (Å²) < 4.78 is 15.1. The minimum Gasteiger partial charge on any atom is -0.330 e. The molecule has 0 atom stereocenters. The van der Waals surface area contributed by atoms with Crippen LogP contribution in [0, 0.1) is 5.82 Å². The van der Waals surface area contributed by atoms with Crippen LogP contribution in [0.5, 0.6) is 0 Å². The van der Waals surface area contributed by atoms with Crippen LogP contribution in [0.3, 0.4) is 0 Å². The van der Waals surface area contributed by atoms with E-state index in [1.807, 2.05) is 13.0 Å². The Labute approximate surface area is 120 Å². The van der Waals surface area contributed by atoms with Crippen molar-refractivity contribution in [3.8, 4) is 0 Å². The molecule has 0 spiro atoms. The van der Waals surface area contributed by atoms with Crippen molar-refractivity contribution in [2.45, 2.75) is 36.4 Å². The summed E-state index contributed by atoms with van der Waals surface area (Å²) in [5, 5.41) is 6.94. The van der Waals surface area contributed by atoms with E-state index in [1.165, 1.54) is 23.9 Å². The number of aromatic nitrogens is 3. The summed E-state index contributed by atoms with van der Waals surface area (Å²) in [6, 6.07) is 4.77. The number of aromatic amines is 1. The zero-order valence-electron chi connectivity index (χ0n) is 11.2. The zero-order valence-corrected chi connectivity index (χ0v) is 12.0. The monoisotopic (exact) mass is 296 g/mol. The number of hydrogen-bond acceptors (Lipinski definition) is 4. The second kappa shape index (κ2) is 6.71. The van der Waals surface area contributed by atoms with Gasteiger partial charge in [-0.1, -0.05) is 6.92 Å². The van der Waals surface area contributed by atoms with Crippen molar-refractivity contribution in [1.29, 1.82) is 0 Å². The highest BCUT2D eigenvalue weighted by molar-refractivity contribution is 7.99. The van der Waals surface area contributed by atoms with E-state index in [2.05, 4.69) is 10.2 Å². The molecule has 0 aliphatic carbocycles. The summed E-state index contributed by atoms with van der Waals surface area (Å²) >= 11 is 1.27.